The average Bonchev–Trinajstić information content (AvgIpc) is 0.746. The Kier molecular flexibility index (Phi) is 49.3. The Morgan fingerprint density at radius 3 is 1.12 bits per heavy atom. The van der Waals surface area contributed by atoms with E-state index in [0.29, 0.717) is 36.8 Å². The van der Waals surface area contributed by atoms with Crippen LogP contribution in [-0.2, 0) is 118 Å². The number of ether oxygens (including phenoxy) is 6. The van der Waals surface area contributed by atoms with Gasteiger partial charge in [0, 0.05) is 13.0 Å². The maximum atomic E-state index is 16.6. The van der Waals surface area contributed by atoms with E-state index in [4.69, 9.17) is 55.6 Å². The van der Waals surface area contributed by atoms with Gasteiger partial charge < -0.3 is 33.7 Å². The minimum absolute atomic E-state index is 0.0376. The van der Waals surface area contributed by atoms with Crippen LogP contribution in [0.2, 0.25) is 0 Å². The number of carbonyl (C=O) groups excluding carboxylic acids is 3. The van der Waals surface area contributed by atoms with Gasteiger partial charge in [-0.25, -0.2) is 9.13 Å². The molecule has 0 unspecified atom stereocenters. The van der Waals surface area contributed by atoms with Crippen molar-refractivity contribution in [3.63, 3.8) is 0 Å². The lowest BCUT2D eigenvalue weighted by atomic mass is 9.80. The van der Waals surface area contributed by atoms with Gasteiger partial charge in [0.2, 0.25) is 5.91 Å². The van der Waals surface area contributed by atoms with Crippen LogP contribution in [0.1, 0.15) is 296 Å². The molecule has 1 aliphatic heterocycles. The second-order valence-corrected chi connectivity index (χ2v) is 36.8. The number of phosphoric acid groups is 2. The summed E-state index contributed by atoms with van der Waals surface area (Å²) in [5.41, 5.74) is 4.66. The number of rotatable bonds is 69. The standard InChI is InChI=1S/C106H145NO17P2/c1-4-7-10-13-16-19-20-23-26-29-56-77-100(109)121-97(76-55-28-25-22-18-15-12-9-6-3)81-101(110)123-104-102(107-99(108)80-96(114-82-88-59-38-30-39-60-88)75-54-27-24-21-17-14-11-8-5-2)105(113-78-57-58-79-116-125(111,117-83-89-61-40-31-41-62-89)118-84-90-63-42-32-43-64-90)122-98(103(104)124-126(112,119-85-91-65-44-33-45-66-91)120-86-92-67-46-34-47-68-92)87-115-106(93-69-48-35-49-70-93,94-71-50-36-51-72-94)95-73-52-37-53-74-95/h30-53,59-74,96-98,102-105H,4-29,54-58,75-87H2,1-3H3,(H,107,108)/t96-,97-,98-,102-,103-,104-,105-/m1/s1. The van der Waals surface area contributed by atoms with Crippen LogP contribution in [0.4, 0.5) is 0 Å². The first kappa shape index (κ1) is 102. The molecule has 9 rings (SSSR count). The summed E-state index contributed by atoms with van der Waals surface area (Å²) in [6, 6.07) is 75.1. The van der Waals surface area contributed by atoms with Gasteiger partial charge in [-0.1, -0.05) is 437 Å². The van der Waals surface area contributed by atoms with Crippen molar-refractivity contribution in [1.82, 2.24) is 5.32 Å². The molecule has 0 spiro atoms. The first-order chi connectivity index (χ1) is 61.9. The number of benzene rings is 8. The van der Waals surface area contributed by atoms with Gasteiger partial charge >= 0.3 is 27.6 Å². The molecule has 7 atom stereocenters. The van der Waals surface area contributed by atoms with Gasteiger partial charge in [0.25, 0.3) is 0 Å². The Labute approximate surface area is 753 Å². The Morgan fingerprint density at radius 2 is 0.714 bits per heavy atom. The highest BCUT2D eigenvalue weighted by Gasteiger charge is 2.55. The average molecular weight is 1770 g/mol. The molecule has 0 radical (unpaired) electrons. The second-order valence-electron chi connectivity index (χ2n) is 33.6. The molecule has 1 saturated heterocycles. The highest BCUT2D eigenvalue weighted by Crippen LogP contribution is 2.55. The third-order valence-corrected chi connectivity index (χ3v) is 26.0. The number of hydrogen-bond acceptors (Lipinski definition) is 17. The van der Waals surface area contributed by atoms with E-state index in [1.165, 1.54) is 103 Å². The van der Waals surface area contributed by atoms with Crippen molar-refractivity contribution in [2.75, 3.05) is 19.8 Å². The van der Waals surface area contributed by atoms with Crippen LogP contribution in [0.5, 0.6) is 0 Å². The van der Waals surface area contributed by atoms with Gasteiger partial charge in [0.15, 0.2) is 12.4 Å². The minimum Gasteiger partial charge on any atom is -0.462 e. The molecule has 1 N–H and O–H groups in total. The number of nitrogens with one attached hydrogen (secondary N) is 1. The summed E-state index contributed by atoms with van der Waals surface area (Å²) in [7, 11) is -9.18. The molecule has 8 aromatic carbocycles. The van der Waals surface area contributed by atoms with Crippen LogP contribution in [0.3, 0.4) is 0 Å². The van der Waals surface area contributed by atoms with Crippen LogP contribution in [-0.4, -0.2) is 80.5 Å². The zero-order valence-electron chi connectivity index (χ0n) is 75.6. The topological polar surface area (TPSA) is 208 Å². The normalized spacial score (nSPS) is 16.0. The molecule has 1 heterocycles. The summed E-state index contributed by atoms with van der Waals surface area (Å²) >= 11 is 0. The summed E-state index contributed by atoms with van der Waals surface area (Å²) < 4.78 is 113. The van der Waals surface area contributed by atoms with E-state index >= 15 is 14.2 Å². The lowest BCUT2D eigenvalue weighted by molar-refractivity contribution is -0.277. The van der Waals surface area contributed by atoms with Crippen LogP contribution in [0.15, 0.2) is 243 Å². The zero-order valence-corrected chi connectivity index (χ0v) is 77.4. The summed E-state index contributed by atoms with van der Waals surface area (Å²) in [5, 5.41) is 3.31. The monoisotopic (exact) mass is 1770 g/mol. The van der Waals surface area contributed by atoms with Crippen LogP contribution in [0, 0.1) is 0 Å². The number of hydrogen-bond donors (Lipinski definition) is 1. The fourth-order valence-corrected chi connectivity index (χ4v) is 18.6. The highest BCUT2D eigenvalue weighted by atomic mass is 31.2. The molecule has 1 fully saturated rings. The zero-order chi connectivity index (χ0) is 88.5. The van der Waals surface area contributed by atoms with Crippen molar-refractivity contribution in [3.05, 3.63) is 287 Å². The van der Waals surface area contributed by atoms with Crippen LogP contribution < -0.4 is 5.32 Å². The molecule has 1 amide bonds. The molecule has 20 heteroatoms. The Balaban J connectivity index is 1.13. The predicted molar refractivity (Wildman–Crippen MR) is 501 cm³/mol. The van der Waals surface area contributed by atoms with E-state index in [9.17, 15) is 9.36 Å². The molecule has 0 saturated carbocycles. The molecule has 1 aliphatic rings. The van der Waals surface area contributed by atoms with Crippen LogP contribution >= 0.6 is 15.6 Å². The summed E-state index contributed by atoms with van der Waals surface area (Å²) in [5.74, 6) is -1.68. The highest BCUT2D eigenvalue weighted by molar-refractivity contribution is 7.48. The van der Waals surface area contributed by atoms with E-state index < -0.39 is 88.6 Å². The number of esters is 2. The van der Waals surface area contributed by atoms with Crippen molar-refractivity contribution in [3.8, 4) is 0 Å². The Bertz CT molecular complexity index is 4050. The minimum atomic E-state index is -4.97. The van der Waals surface area contributed by atoms with Crippen molar-refractivity contribution in [2.45, 2.75) is 333 Å². The van der Waals surface area contributed by atoms with Gasteiger partial charge in [-0.15, -0.1) is 0 Å². The maximum absolute atomic E-state index is 16.6. The molecule has 0 aromatic heterocycles. The lowest BCUT2D eigenvalue weighted by Crippen LogP contribution is -2.66. The van der Waals surface area contributed by atoms with Gasteiger partial charge in [0.05, 0.1) is 65.2 Å². The fourth-order valence-electron chi connectivity index (χ4n) is 16.0. The maximum Gasteiger partial charge on any atom is 0.475 e. The quantitative estimate of drug-likeness (QED) is 0.0163. The smallest absolute Gasteiger partial charge is 0.462 e. The molecule has 126 heavy (non-hydrogen) atoms. The summed E-state index contributed by atoms with van der Waals surface area (Å²) in [4.78, 5) is 46.4. The largest absolute Gasteiger partial charge is 0.475 e. The SMILES string of the molecule is CCCCCCCCCCCCCC(=O)O[C@H](CCCCCCCCCCC)CC(=O)O[C@@H]1[C@@H](NC(=O)C[C@@H](CCCCCCCCCCC)OCc2ccccc2)[C@H](OCCCCOP(=O)(OCc2ccccc2)OCc2ccccc2)O[C@H](COC(c2ccccc2)(c2ccccc2)c2ccccc2)[C@H]1OP(=O)(OCc1ccccc1)OCc1ccccc1. The third-order valence-electron chi connectivity index (χ3n) is 23.2. The van der Waals surface area contributed by atoms with Gasteiger partial charge in [-0.2, -0.15) is 0 Å². The number of amides is 1. The fraction of sp³-hybridized carbons (Fsp3) is 0.519. The van der Waals surface area contributed by atoms with E-state index in [1.54, 1.807) is 0 Å². The van der Waals surface area contributed by atoms with Crippen molar-refractivity contribution in [1.29, 1.82) is 0 Å². The molecular weight excluding hydrogens is 1620 g/mol. The second kappa shape index (κ2) is 60.9. The van der Waals surface area contributed by atoms with E-state index in [2.05, 4.69) is 26.1 Å². The number of unbranched alkanes of at least 4 members (excludes halogenated alkanes) is 27. The number of carbonyl (C=O) groups is 3. The molecule has 0 bridgehead atoms. The summed E-state index contributed by atoms with van der Waals surface area (Å²) in [6.45, 7) is 5.82. The molecule has 686 valence electrons. The van der Waals surface area contributed by atoms with Crippen LogP contribution in [0.25, 0.3) is 0 Å². The lowest BCUT2D eigenvalue weighted by Gasteiger charge is -2.47. The first-order valence-corrected chi connectivity index (χ1v) is 50.5. The molecule has 8 aromatic rings. The van der Waals surface area contributed by atoms with E-state index in [1.807, 2.05) is 243 Å². The van der Waals surface area contributed by atoms with Crippen molar-refractivity contribution >= 4 is 33.5 Å². The van der Waals surface area contributed by atoms with Crippen molar-refractivity contribution in [2.24, 2.45) is 0 Å². The summed E-state index contributed by atoms with van der Waals surface area (Å²) in [6.07, 6.45) is 25.1. The van der Waals surface area contributed by atoms with Crippen molar-refractivity contribution < 1.29 is 79.1 Å². The Hall–Kier alpha value is -7.77. The van der Waals surface area contributed by atoms with Gasteiger partial charge in [0.1, 0.15) is 30.0 Å². The Morgan fingerprint density at radius 1 is 0.365 bits per heavy atom. The van der Waals surface area contributed by atoms with Gasteiger partial charge in [-0.3, -0.25) is 41.5 Å². The van der Waals surface area contributed by atoms with E-state index in [0.717, 1.165) is 104 Å². The molecule has 18 nitrogen and oxygen atoms in total. The molecular formula is C106H145NO17P2. The van der Waals surface area contributed by atoms with E-state index in [-0.39, 0.29) is 78.4 Å². The predicted octanol–water partition coefficient (Wildman–Crippen LogP) is 27.2. The first-order valence-electron chi connectivity index (χ1n) is 47.5. The van der Waals surface area contributed by atoms with Gasteiger partial charge in [-0.05, 0) is 83.0 Å². The third kappa shape index (κ3) is 38.9. The number of phosphoric ester groups is 2. The molecule has 0 aliphatic carbocycles.